The number of carbonyl (C=O) groups is 2. The summed E-state index contributed by atoms with van der Waals surface area (Å²) in [6, 6.07) is 8.12. The quantitative estimate of drug-likeness (QED) is 0.530. The summed E-state index contributed by atoms with van der Waals surface area (Å²) in [6.45, 7) is 5.74. The standard InChI is InChI=1S/C30H39ClN2O2/c1-28-16-12-24-22(18-32-26-17-21(34)11-15-29(24,26)2)23(28)9-10-25(28)27(35)33-30(13-3-4-14-30)19-5-7-20(31)8-6-19/h5-8,17,22-25,32H,3-4,9-16,18H2,1-2H3,(H,33,35)/t22-,23-,24+,25?,28-,29+/m0/s1. The second kappa shape index (κ2) is 8.36. The Morgan fingerprint density at radius 3 is 2.49 bits per heavy atom. The van der Waals surface area contributed by atoms with Gasteiger partial charge in [-0.1, -0.05) is 50.4 Å². The summed E-state index contributed by atoms with van der Waals surface area (Å²) in [6.07, 6.45) is 12.2. The fraction of sp³-hybridized carbons (Fsp3) is 0.667. The number of allylic oxidation sites excluding steroid dienone is 2. The molecule has 1 aliphatic heterocycles. The molecule has 6 rings (SSSR count). The minimum atomic E-state index is -0.248. The van der Waals surface area contributed by atoms with Gasteiger partial charge >= 0.3 is 0 Å². The third kappa shape index (κ3) is 3.61. The van der Waals surface area contributed by atoms with Crippen LogP contribution in [0.3, 0.4) is 0 Å². The number of carbonyl (C=O) groups excluding carboxylic acids is 2. The Labute approximate surface area is 214 Å². The summed E-state index contributed by atoms with van der Waals surface area (Å²) in [7, 11) is 0. The van der Waals surface area contributed by atoms with Crippen LogP contribution in [0.15, 0.2) is 36.0 Å². The number of hydrogen-bond donors (Lipinski definition) is 2. The fourth-order valence-corrected chi connectivity index (χ4v) is 9.26. The summed E-state index contributed by atoms with van der Waals surface area (Å²) < 4.78 is 0. The van der Waals surface area contributed by atoms with Gasteiger partial charge < -0.3 is 10.6 Å². The third-order valence-electron chi connectivity index (χ3n) is 11.1. The lowest BCUT2D eigenvalue weighted by Gasteiger charge is -2.58. The van der Waals surface area contributed by atoms with E-state index in [1.54, 1.807) is 0 Å². The molecule has 0 aromatic heterocycles. The number of halogens is 1. The lowest BCUT2D eigenvalue weighted by atomic mass is 9.50. The first kappa shape index (κ1) is 23.6. The number of hydrogen-bond acceptors (Lipinski definition) is 3. The highest BCUT2D eigenvalue weighted by atomic mass is 35.5. The van der Waals surface area contributed by atoms with Gasteiger partial charge in [-0.15, -0.1) is 0 Å². The molecule has 0 spiro atoms. The van der Waals surface area contributed by atoms with E-state index in [-0.39, 0.29) is 34.0 Å². The SMILES string of the molecule is C[C@]12CCC(=O)C=C1NC[C@@H]1[C@H]2CC[C@]2(C)C(C(=O)NC3(c4ccc(Cl)cc4)CCCC3)CC[C@@H]12. The monoisotopic (exact) mass is 494 g/mol. The van der Waals surface area contributed by atoms with E-state index < -0.39 is 0 Å². The molecule has 1 amide bonds. The van der Waals surface area contributed by atoms with Crippen molar-refractivity contribution in [3.05, 3.63) is 46.6 Å². The zero-order valence-corrected chi connectivity index (χ0v) is 21.9. The summed E-state index contributed by atoms with van der Waals surface area (Å²) in [4.78, 5) is 26.1. The lowest BCUT2D eigenvalue weighted by Crippen LogP contribution is -2.57. The molecule has 4 fully saturated rings. The van der Waals surface area contributed by atoms with Crippen molar-refractivity contribution in [1.29, 1.82) is 0 Å². The van der Waals surface area contributed by atoms with Crippen LogP contribution in [0, 0.1) is 34.5 Å². The van der Waals surface area contributed by atoms with Crippen molar-refractivity contribution in [2.24, 2.45) is 34.5 Å². The highest BCUT2D eigenvalue weighted by Gasteiger charge is 2.60. The molecule has 5 heteroatoms. The number of amides is 1. The molecule has 1 aromatic carbocycles. The number of nitrogens with one attached hydrogen (secondary N) is 2. The van der Waals surface area contributed by atoms with E-state index in [0.717, 1.165) is 69.4 Å². The van der Waals surface area contributed by atoms with Crippen LogP contribution in [0.2, 0.25) is 5.02 Å². The Bertz CT molecular complexity index is 1060. The lowest BCUT2D eigenvalue weighted by molar-refractivity contribution is -0.134. The molecule has 2 N–H and O–H groups in total. The normalized spacial score (nSPS) is 39.6. The van der Waals surface area contributed by atoms with Gasteiger partial charge in [0.05, 0.1) is 5.54 Å². The molecule has 188 valence electrons. The van der Waals surface area contributed by atoms with Crippen LogP contribution in [0.25, 0.3) is 0 Å². The highest BCUT2D eigenvalue weighted by molar-refractivity contribution is 6.30. The predicted molar refractivity (Wildman–Crippen MR) is 139 cm³/mol. The summed E-state index contributed by atoms with van der Waals surface area (Å²) in [5, 5.41) is 8.04. The Morgan fingerprint density at radius 1 is 1.00 bits per heavy atom. The molecule has 6 atom stereocenters. The van der Waals surface area contributed by atoms with Crippen LogP contribution in [0.1, 0.15) is 83.6 Å². The largest absolute Gasteiger partial charge is 0.387 e. The van der Waals surface area contributed by atoms with Gasteiger partial charge in [0, 0.05) is 41.1 Å². The molecular weight excluding hydrogens is 456 g/mol. The Kier molecular flexibility index (Phi) is 5.63. The Morgan fingerprint density at radius 2 is 1.74 bits per heavy atom. The Balaban J connectivity index is 1.23. The smallest absolute Gasteiger partial charge is 0.224 e. The summed E-state index contributed by atoms with van der Waals surface area (Å²) in [5.74, 6) is 2.37. The maximum atomic E-state index is 14.0. The zero-order chi connectivity index (χ0) is 24.4. The second-order valence-corrected chi connectivity index (χ2v) is 13.1. The van der Waals surface area contributed by atoms with Crippen LogP contribution < -0.4 is 10.6 Å². The molecule has 1 saturated heterocycles. The van der Waals surface area contributed by atoms with E-state index >= 15 is 0 Å². The van der Waals surface area contributed by atoms with Crippen molar-refractivity contribution < 1.29 is 9.59 Å². The van der Waals surface area contributed by atoms with Crippen LogP contribution in [0.4, 0.5) is 0 Å². The van der Waals surface area contributed by atoms with Crippen LogP contribution >= 0.6 is 11.6 Å². The van der Waals surface area contributed by atoms with E-state index in [1.165, 1.54) is 11.3 Å². The van der Waals surface area contributed by atoms with Crippen molar-refractivity contribution in [2.75, 3.05) is 6.54 Å². The molecule has 1 unspecified atom stereocenters. The number of piperidine rings is 1. The minimum Gasteiger partial charge on any atom is -0.387 e. The number of ketones is 1. The van der Waals surface area contributed by atoms with Crippen molar-refractivity contribution in [3.63, 3.8) is 0 Å². The van der Waals surface area contributed by atoms with Crippen LogP contribution in [-0.4, -0.2) is 18.2 Å². The summed E-state index contributed by atoms with van der Waals surface area (Å²) in [5.41, 5.74) is 2.26. The van der Waals surface area contributed by atoms with Gasteiger partial charge in [-0.3, -0.25) is 9.59 Å². The maximum absolute atomic E-state index is 14.0. The van der Waals surface area contributed by atoms with Gasteiger partial charge in [0.2, 0.25) is 5.91 Å². The number of benzene rings is 1. The molecule has 0 bridgehead atoms. The maximum Gasteiger partial charge on any atom is 0.224 e. The molecule has 0 radical (unpaired) electrons. The fourth-order valence-electron chi connectivity index (χ4n) is 9.13. The minimum absolute atomic E-state index is 0.0504. The van der Waals surface area contributed by atoms with Gasteiger partial charge in [0.25, 0.3) is 0 Å². The van der Waals surface area contributed by atoms with E-state index in [2.05, 4.69) is 36.6 Å². The first-order chi connectivity index (χ1) is 16.8. The summed E-state index contributed by atoms with van der Waals surface area (Å²) >= 11 is 6.17. The topological polar surface area (TPSA) is 58.2 Å². The zero-order valence-electron chi connectivity index (χ0n) is 21.2. The molecule has 4 aliphatic carbocycles. The number of fused-ring (bicyclic) bond motifs is 5. The van der Waals surface area contributed by atoms with E-state index in [0.29, 0.717) is 24.2 Å². The third-order valence-corrected chi connectivity index (χ3v) is 11.4. The molecule has 1 heterocycles. The van der Waals surface area contributed by atoms with Gasteiger partial charge in [0.15, 0.2) is 5.78 Å². The van der Waals surface area contributed by atoms with Gasteiger partial charge in [-0.2, -0.15) is 0 Å². The number of rotatable bonds is 3. The van der Waals surface area contributed by atoms with Crippen LogP contribution in [0.5, 0.6) is 0 Å². The predicted octanol–water partition coefficient (Wildman–Crippen LogP) is 6.14. The van der Waals surface area contributed by atoms with Crippen LogP contribution in [-0.2, 0) is 15.1 Å². The highest BCUT2D eigenvalue weighted by Crippen LogP contribution is 2.64. The average Bonchev–Trinajstić information content (AvgIpc) is 3.44. The van der Waals surface area contributed by atoms with E-state index in [1.807, 2.05) is 18.2 Å². The second-order valence-electron chi connectivity index (χ2n) is 12.7. The molecular formula is C30H39ClN2O2. The van der Waals surface area contributed by atoms with Gasteiger partial charge in [-0.25, -0.2) is 0 Å². The van der Waals surface area contributed by atoms with E-state index in [9.17, 15) is 9.59 Å². The first-order valence-electron chi connectivity index (χ1n) is 13.8. The van der Waals surface area contributed by atoms with Crippen molar-refractivity contribution >= 4 is 23.3 Å². The van der Waals surface area contributed by atoms with Gasteiger partial charge in [0.1, 0.15) is 0 Å². The van der Waals surface area contributed by atoms with Gasteiger partial charge in [-0.05, 0) is 85.8 Å². The first-order valence-corrected chi connectivity index (χ1v) is 14.2. The van der Waals surface area contributed by atoms with Crippen molar-refractivity contribution in [1.82, 2.24) is 10.6 Å². The molecule has 5 aliphatic rings. The molecule has 3 saturated carbocycles. The average molecular weight is 495 g/mol. The molecule has 4 nitrogen and oxygen atoms in total. The van der Waals surface area contributed by atoms with Crippen molar-refractivity contribution in [3.8, 4) is 0 Å². The molecule has 1 aromatic rings. The van der Waals surface area contributed by atoms with Crippen molar-refractivity contribution in [2.45, 2.75) is 83.6 Å². The molecule has 35 heavy (non-hydrogen) atoms. The van der Waals surface area contributed by atoms with E-state index in [4.69, 9.17) is 11.6 Å². The Hall–Kier alpha value is -1.81.